The van der Waals surface area contributed by atoms with Crippen LogP contribution in [0.15, 0.2) is 12.4 Å². The van der Waals surface area contributed by atoms with Gasteiger partial charge in [-0.05, 0) is 6.42 Å². The fourth-order valence-electron chi connectivity index (χ4n) is 2.70. The second-order valence-electron chi connectivity index (χ2n) is 4.77. The van der Waals surface area contributed by atoms with Crippen molar-refractivity contribution in [3.63, 3.8) is 0 Å². The van der Waals surface area contributed by atoms with E-state index in [9.17, 15) is 4.79 Å². The first-order valence-electron chi connectivity index (χ1n) is 5.83. The maximum Gasteiger partial charge on any atom is 0.254 e. The van der Waals surface area contributed by atoms with Crippen molar-refractivity contribution in [2.24, 2.45) is 18.7 Å². The molecule has 0 spiro atoms. The molecule has 3 N–H and O–H groups in total. The Labute approximate surface area is 99.1 Å². The number of aromatic nitrogens is 2. The van der Waals surface area contributed by atoms with Crippen molar-refractivity contribution in [2.45, 2.75) is 24.6 Å². The van der Waals surface area contributed by atoms with Crippen molar-refractivity contribution in [2.75, 3.05) is 6.61 Å². The summed E-state index contributed by atoms with van der Waals surface area (Å²) in [7, 11) is 1.78. The molecule has 1 amide bonds. The summed E-state index contributed by atoms with van der Waals surface area (Å²) in [5.74, 6) is 0.279. The molecule has 1 saturated carbocycles. The van der Waals surface area contributed by atoms with E-state index in [0.717, 1.165) is 13.0 Å². The lowest BCUT2D eigenvalue weighted by atomic mass is 9.72. The van der Waals surface area contributed by atoms with E-state index in [0.29, 0.717) is 11.5 Å². The lowest BCUT2D eigenvalue weighted by Crippen LogP contribution is -2.68. The summed E-state index contributed by atoms with van der Waals surface area (Å²) in [6.45, 7) is 0.752. The number of hydrogen-bond donors (Lipinski definition) is 2. The molecular formula is C11H16N4O2. The van der Waals surface area contributed by atoms with Gasteiger partial charge in [-0.1, -0.05) is 0 Å². The van der Waals surface area contributed by atoms with Gasteiger partial charge in [0.05, 0.1) is 23.9 Å². The van der Waals surface area contributed by atoms with E-state index in [-0.39, 0.29) is 24.1 Å². The van der Waals surface area contributed by atoms with Gasteiger partial charge in [-0.15, -0.1) is 0 Å². The van der Waals surface area contributed by atoms with Gasteiger partial charge in [-0.3, -0.25) is 9.48 Å². The molecule has 6 nitrogen and oxygen atoms in total. The second kappa shape index (κ2) is 3.82. The van der Waals surface area contributed by atoms with Crippen LogP contribution in [0.4, 0.5) is 0 Å². The Morgan fingerprint density at radius 3 is 3.24 bits per heavy atom. The van der Waals surface area contributed by atoms with E-state index in [2.05, 4.69) is 10.4 Å². The first kappa shape index (κ1) is 10.7. The van der Waals surface area contributed by atoms with Gasteiger partial charge in [0.25, 0.3) is 5.91 Å². The first-order valence-corrected chi connectivity index (χ1v) is 5.83. The van der Waals surface area contributed by atoms with Crippen LogP contribution in [0.2, 0.25) is 0 Å². The Bertz CT molecular complexity index is 444. The Morgan fingerprint density at radius 2 is 2.53 bits per heavy atom. The van der Waals surface area contributed by atoms with Gasteiger partial charge in [0.1, 0.15) is 0 Å². The number of nitrogens with one attached hydrogen (secondary N) is 1. The molecule has 92 valence electrons. The molecule has 2 aliphatic rings. The van der Waals surface area contributed by atoms with Crippen LogP contribution >= 0.6 is 0 Å². The van der Waals surface area contributed by atoms with E-state index in [1.807, 2.05) is 0 Å². The molecule has 1 aliphatic carbocycles. The first-order chi connectivity index (χ1) is 8.16. The maximum absolute atomic E-state index is 11.9. The van der Waals surface area contributed by atoms with Crippen molar-refractivity contribution in [1.82, 2.24) is 15.1 Å². The predicted molar refractivity (Wildman–Crippen MR) is 60.3 cm³/mol. The van der Waals surface area contributed by atoms with Crippen LogP contribution in [0, 0.1) is 5.92 Å². The minimum Gasteiger partial charge on any atom is -0.376 e. The Kier molecular flexibility index (Phi) is 2.41. The molecule has 4 unspecified atom stereocenters. The summed E-state index contributed by atoms with van der Waals surface area (Å²) in [5.41, 5.74) is 6.58. The Morgan fingerprint density at radius 1 is 1.71 bits per heavy atom. The second-order valence-corrected chi connectivity index (χ2v) is 4.77. The van der Waals surface area contributed by atoms with Gasteiger partial charge < -0.3 is 15.8 Å². The van der Waals surface area contributed by atoms with Crippen LogP contribution in [-0.4, -0.2) is 40.5 Å². The molecule has 0 aromatic carbocycles. The summed E-state index contributed by atoms with van der Waals surface area (Å²) in [6.07, 6.45) is 4.34. The molecule has 0 bridgehead atoms. The topological polar surface area (TPSA) is 82.2 Å². The van der Waals surface area contributed by atoms with Crippen LogP contribution in [0.25, 0.3) is 0 Å². The van der Waals surface area contributed by atoms with E-state index in [1.54, 1.807) is 24.1 Å². The average Bonchev–Trinajstić information content (AvgIpc) is 2.92. The highest BCUT2D eigenvalue weighted by molar-refractivity contribution is 5.94. The van der Waals surface area contributed by atoms with Crippen LogP contribution in [0.5, 0.6) is 0 Å². The number of fused-ring (bicyclic) bond motifs is 1. The summed E-state index contributed by atoms with van der Waals surface area (Å²) < 4.78 is 7.16. The average molecular weight is 236 g/mol. The van der Waals surface area contributed by atoms with Crippen LogP contribution in [0.3, 0.4) is 0 Å². The van der Waals surface area contributed by atoms with Gasteiger partial charge >= 0.3 is 0 Å². The largest absolute Gasteiger partial charge is 0.376 e. The third kappa shape index (κ3) is 1.64. The van der Waals surface area contributed by atoms with E-state index in [1.165, 1.54) is 0 Å². The summed E-state index contributed by atoms with van der Waals surface area (Å²) >= 11 is 0. The zero-order chi connectivity index (χ0) is 12.0. The number of aryl methyl sites for hydroxylation is 1. The number of rotatable bonds is 2. The zero-order valence-electron chi connectivity index (χ0n) is 9.67. The summed E-state index contributed by atoms with van der Waals surface area (Å²) in [4.78, 5) is 11.9. The summed E-state index contributed by atoms with van der Waals surface area (Å²) in [5, 5.41) is 6.89. The number of nitrogens with zero attached hydrogens (tertiary/aromatic N) is 2. The monoisotopic (exact) mass is 236 g/mol. The van der Waals surface area contributed by atoms with Gasteiger partial charge in [-0.2, -0.15) is 5.10 Å². The minimum atomic E-state index is -0.132. The molecule has 4 atom stereocenters. The molecule has 1 aliphatic heterocycles. The smallest absolute Gasteiger partial charge is 0.254 e. The van der Waals surface area contributed by atoms with Crippen LogP contribution < -0.4 is 11.1 Å². The number of carbonyl (C=O) groups excluding carboxylic acids is 1. The predicted octanol–water partition coefficient (Wildman–Crippen LogP) is -0.735. The van der Waals surface area contributed by atoms with Gasteiger partial charge in [0.15, 0.2) is 0 Å². The normalized spacial score (nSPS) is 35.2. The van der Waals surface area contributed by atoms with Gasteiger partial charge in [0, 0.05) is 31.8 Å². The van der Waals surface area contributed by atoms with Crippen LogP contribution in [-0.2, 0) is 11.8 Å². The quantitative estimate of drug-likeness (QED) is 0.709. The molecule has 3 rings (SSSR count). The SMILES string of the molecule is Cn1cc(C(=O)NC2C(N)C3CCOC32)cn1. The molecule has 17 heavy (non-hydrogen) atoms. The highest BCUT2D eigenvalue weighted by Crippen LogP contribution is 2.37. The molecule has 1 saturated heterocycles. The molecule has 1 aromatic heterocycles. The number of ether oxygens (including phenoxy) is 1. The highest BCUT2D eigenvalue weighted by atomic mass is 16.5. The number of hydrogen-bond acceptors (Lipinski definition) is 4. The molecule has 2 fully saturated rings. The highest BCUT2D eigenvalue weighted by Gasteiger charge is 2.52. The number of nitrogens with two attached hydrogens (primary N) is 1. The maximum atomic E-state index is 11.9. The number of amides is 1. The van der Waals surface area contributed by atoms with Crippen molar-refractivity contribution >= 4 is 5.91 Å². The van der Waals surface area contributed by atoms with E-state index in [4.69, 9.17) is 10.5 Å². The van der Waals surface area contributed by atoms with Crippen molar-refractivity contribution < 1.29 is 9.53 Å². The lowest BCUT2D eigenvalue weighted by molar-refractivity contribution is -0.0161. The third-order valence-corrected chi connectivity index (χ3v) is 3.71. The fourth-order valence-corrected chi connectivity index (χ4v) is 2.70. The van der Waals surface area contributed by atoms with Gasteiger partial charge in [-0.25, -0.2) is 0 Å². The molecule has 6 heteroatoms. The van der Waals surface area contributed by atoms with Crippen molar-refractivity contribution in [1.29, 1.82) is 0 Å². The van der Waals surface area contributed by atoms with E-state index < -0.39 is 0 Å². The minimum absolute atomic E-state index is 0.0168. The number of carbonyl (C=O) groups is 1. The Balaban J connectivity index is 1.66. The molecular weight excluding hydrogens is 220 g/mol. The zero-order valence-corrected chi connectivity index (χ0v) is 9.67. The standard InChI is InChI=1S/C11H16N4O2/c1-15-5-6(4-13-15)11(16)14-9-8(12)7-2-3-17-10(7)9/h4-5,7-10H,2-3,12H2,1H3,(H,14,16). The fraction of sp³-hybridized carbons (Fsp3) is 0.636. The molecule has 1 aromatic rings. The van der Waals surface area contributed by atoms with Gasteiger partial charge in [0.2, 0.25) is 0 Å². The molecule has 0 radical (unpaired) electrons. The van der Waals surface area contributed by atoms with E-state index >= 15 is 0 Å². The third-order valence-electron chi connectivity index (χ3n) is 3.71. The Hall–Kier alpha value is -1.40. The van der Waals surface area contributed by atoms with Crippen molar-refractivity contribution in [3.05, 3.63) is 18.0 Å². The van der Waals surface area contributed by atoms with Crippen molar-refractivity contribution in [3.8, 4) is 0 Å². The summed E-state index contributed by atoms with van der Waals surface area (Å²) in [6, 6.07) is -0.0432. The van der Waals surface area contributed by atoms with Crippen LogP contribution in [0.1, 0.15) is 16.8 Å². The molecule has 2 heterocycles. The lowest BCUT2D eigenvalue weighted by Gasteiger charge is -2.45.